The van der Waals surface area contributed by atoms with Crippen LogP contribution in [0.4, 0.5) is 5.69 Å². The number of nitrogens with zero attached hydrogens (tertiary/aromatic N) is 1. The quantitative estimate of drug-likeness (QED) is 0.675. The van der Waals surface area contributed by atoms with Crippen LogP contribution < -0.4 is 14.4 Å². The van der Waals surface area contributed by atoms with Gasteiger partial charge in [-0.25, -0.2) is 8.42 Å². The first-order valence-electron chi connectivity index (χ1n) is 8.48. The van der Waals surface area contributed by atoms with E-state index in [9.17, 15) is 13.2 Å². The first-order chi connectivity index (χ1) is 13.1. The van der Waals surface area contributed by atoms with Crippen LogP contribution in [-0.4, -0.2) is 40.3 Å². The first-order valence-corrected chi connectivity index (χ1v) is 11.1. The number of hydrogen-bond donors (Lipinski definition) is 1. The summed E-state index contributed by atoms with van der Waals surface area (Å²) in [7, 11) is -2.26. The maximum absolute atomic E-state index is 12.6. The van der Waals surface area contributed by atoms with E-state index in [1.165, 1.54) is 20.1 Å². The van der Waals surface area contributed by atoms with E-state index >= 15 is 0 Å². The van der Waals surface area contributed by atoms with Crippen molar-refractivity contribution >= 4 is 44.8 Å². The number of hydrogen-bond acceptors (Lipinski definition) is 4. The number of carbonyl (C=O) groups excluding carboxylic acids is 1. The van der Waals surface area contributed by atoms with Crippen LogP contribution in [0.25, 0.3) is 0 Å². The molecule has 0 aliphatic heterocycles. The zero-order valence-corrected chi connectivity index (χ0v) is 18.1. The molecule has 1 atom stereocenters. The third-order valence-electron chi connectivity index (χ3n) is 4.10. The van der Waals surface area contributed by atoms with Crippen molar-refractivity contribution < 1.29 is 17.9 Å². The van der Waals surface area contributed by atoms with Gasteiger partial charge in [0.25, 0.3) is 0 Å². The minimum absolute atomic E-state index is 0.254. The number of ether oxygens (including phenoxy) is 1. The Morgan fingerprint density at radius 1 is 1.18 bits per heavy atom. The van der Waals surface area contributed by atoms with Crippen LogP contribution in [0.2, 0.25) is 10.0 Å². The third-order valence-corrected chi connectivity index (χ3v) is 5.89. The Morgan fingerprint density at radius 2 is 1.82 bits per heavy atom. The highest BCUT2D eigenvalue weighted by Gasteiger charge is 2.29. The molecule has 0 unspecified atom stereocenters. The van der Waals surface area contributed by atoms with Gasteiger partial charge in [0, 0.05) is 11.6 Å². The third kappa shape index (κ3) is 5.77. The Morgan fingerprint density at radius 3 is 2.36 bits per heavy atom. The van der Waals surface area contributed by atoms with Crippen molar-refractivity contribution in [1.82, 2.24) is 5.32 Å². The Hall–Kier alpha value is -1.96. The van der Waals surface area contributed by atoms with Crippen molar-refractivity contribution in [1.29, 1.82) is 0 Å². The van der Waals surface area contributed by atoms with Gasteiger partial charge in [0.1, 0.15) is 11.8 Å². The lowest BCUT2D eigenvalue weighted by Crippen LogP contribution is -2.48. The van der Waals surface area contributed by atoms with Crippen molar-refractivity contribution in [2.75, 3.05) is 24.2 Å². The minimum atomic E-state index is -3.72. The van der Waals surface area contributed by atoms with E-state index in [0.29, 0.717) is 23.7 Å². The Bertz CT molecular complexity index is 933. The van der Waals surface area contributed by atoms with Gasteiger partial charge >= 0.3 is 0 Å². The number of benzene rings is 2. The summed E-state index contributed by atoms with van der Waals surface area (Å²) in [4.78, 5) is 12.6. The van der Waals surface area contributed by atoms with Gasteiger partial charge in [-0.15, -0.1) is 0 Å². The van der Waals surface area contributed by atoms with E-state index in [1.807, 2.05) is 12.1 Å². The number of halogens is 2. The lowest BCUT2D eigenvalue weighted by molar-refractivity contribution is -0.121. The van der Waals surface area contributed by atoms with E-state index in [-0.39, 0.29) is 10.7 Å². The zero-order chi connectivity index (χ0) is 20.9. The van der Waals surface area contributed by atoms with Gasteiger partial charge in [0.05, 0.1) is 24.1 Å². The number of anilines is 1. The van der Waals surface area contributed by atoms with E-state index in [1.54, 1.807) is 24.3 Å². The Kier molecular flexibility index (Phi) is 7.57. The number of carbonyl (C=O) groups is 1. The standard InChI is InChI=1S/C19H22Cl2N2O4S/c1-13(19(24)22-11-10-14-4-6-15(20)7-5-14)23(28(3,25)26)16-8-9-18(27-2)17(21)12-16/h4-9,12-13H,10-11H2,1-3H3,(H,22,24)/t13-/m0/s1. The van der Waals surface area contributed by atoms with Crippen LogP contribution in [0.5, 0.6) is 5.75 Å². The second-order valence-electron chi connectivity index (χ2n) is 6.22. The molecule has 0 saturated heterocycles. The van der Waals surface area contributed by atoms with Crippen molar-refractivity contribution in [2.45, 2.75) is 19.4 Å². The summed E-state index contributed by atoms with van der Waals surface area (Å²) in [5.41, 5.74) is 1.30. The van der Waals surface area contributed by atoms with Crippen molar-refractivity contribution in [3.05, 3.63) is 58.1 Å². The number of amides is 1. The fourth-order valence-electron chi connectivity index (χ4n) is 2.73. The summed E-state index contributed by atoms with van der Waals surface area (Å²) in [5.74, 6) is 0.00488. The van der Waals surface area contributed by atoms with Gasteiger partial charge in [-0.3, -0.25) is 9.10 Å². The molecule has 0 aromatic heterocycles. The molecule has 152 valence electrons. The van der Waals surface area contributed by atoms with E-state index < -0.39 is 22.0 Å². The number of nitrogens with one attached hydrogen (secondary N) is 1. The lowest BCUT2D eigenvalue weighted by Gasteiger charge is -2.28. The summed E-state index contributed by atoms with van der Waals surface area (Å²) < 4.78 is 30.8. The fourth-order valence-corrected chi connectivity index (χ4v) is 4.27. The van der Waals surface area contributed by atoms with Crippen molar-refractivity contribution in [2.24, 2.45) is 0 Å². The highest BCUT2D eigenvalue weighted by atomic mass is 35.5. The van der Waals surface area contributed by atoms with E-state index in [0.717, 1.165) is 16.1 Å². The highest BCUT2D eigenvalue weighted by molar-refractivity contribution is 7.92. The van der Waals surface area contributed by atoms with Crippen LogP contribution in [0.15, 0.2) is 42.5 Å². The second-order valence-corrected chi connectivity index (χ2v) is 8.92. The highest BCUT2D eigenvalue weighted by Crippen LogP contribution is 2.31. The van der Waals surface area contributed by atoms with Gasteiger partial charge in [-0.1, -0.05) is 35.3 Å². The molecule has 0 radical (unpaired) electrons. The molecule has 2 aromatic rings. The molecule has 0 aliphatic carbocycles. The van der Waals surface area contributed by atoms with Crippen LogP contribution in [0.3, 0.4) is 0 Å². The molecule has 0 bridgehead atoms. The fraction of sp³-hybridized carbons (Fsp3) is 0.316. The predicted octanol–water partition coefficient (Wildman–Crippen LogP) is 3.52. The summed E-state index contributed by atoms with van der Waals surface area (Å²) >= 11 is 12.0. The lowest BCUT2D eigenvalue weighted by atomic mass is 10.1. The number of rotatable bonds is 8. The average Bonchev–Trinajstić information content (AvgIpc) is 2.62. The smallest absolute Gasteiger partial charge is 0.243 e. The molecule has 9 heteroatoms. The topological polar surface area (TPSA) is 75.7 Å². The SMILES string of the molecule is COc1ccc(N([C@@H](C)C(=O)NCCc2ccc(Cl)cc2)S(C)(=O)=O)cc1Cl. The molecular formula is C19H22Cl2N2O4S. The average molecular weight is 445 g/mol. The van der Waals surface area contributed by atoms with Gasteiger partial charge < -0.3 is 10.1 Å². The zero-order valence-electron chi connectivity index (χ0n) is 15.8. The summed E-state index contributed by atoms with van der Waals surface area (Å²) in [5, 5.41) is 3.67. The molecule has 2 rings (SSSR count). The molecule has 2 aromatic carbocycles. The molecule has 6 nitrogen and oxygen atoms in total. The van der Waals surface area contributed by atoms with Crippen LogP contribution >= 0.6 is 23.2 Å². The summed E-state index contributed by atoms with van der Waals surface area (Å²) in [6, 6.07) is 10.9. The molecule has 1 amide bonds. The van der Waals surface area contributed by atoms with E-state index in [4.69, 9.17) is 27.9 Å². The normalized spacial score (nSPS) is 12.3. The largest absolute Gasteiger partial charge is 0.495 e. The van der Waals surface area contributed by atoms with Gasteiger partial charge in [0.2, 0.25) is 15.9 Å². The molecular weight excluding hydrogens is 423 g/mol. The number of methoxy groups -OCH3 is 1. The Balaban J connectivity index is 2.11. The number of sulfonamides is 1. The first kappa shape index (κ1) is 22.3. The van der Waals surface area contributed by atoms with Gasteiger partial charge in [0.15, 0.2) is 0 Å². The maximum atomic E-state index is 12.6. The van der Waals surface area contributed by atoms with Gasteiger partial charge in [-0.05, 0) is 49.2 Å². The molecule has 0 heterocycles. The van der Waals surface area contributed by atoms with Crippen molar-refractivity contribution in [3.8, 4) is 5.75 Å². The molecule has 0 saturated carbocycles. The van der Waals surface area contributed by atoms with Gasteiger partial charge in [-0.2, -0.15) is 0 Å². The van der Waals surface area contributed by atoms with Crippen LogP contribution in [0, 0.1) is 0 Å². The monoisotopic (exact) mass is 444 g/mol. The summed E-state index contributed by atoms with van der Waals surface area (Å²) in [6.07, 6.45) is 1.64. The molecule has 0 fully saturated rings. The second kappa shape index (κ2) is 9.49. The molecule has 28 heavy (non-hydrogen) atoms. The summed E-state index contributed by atoms with van der Waals surface area (Å²) in [6.45, 7) is 1.89. The predicted molar refractivity (Wildman–Crippen MR) is 113 cm³/mol. The molecule has 0 spiro atoms. The van der Waals surface area contributed by atoms with Crippen LogP contribution in [0.1, 0.15) is 12.5 Å². The Labute approximate surface area is 175 Å². The molecule has 0 aliphatic rings. The van der Waals surface area contributed by atoms with Crippen LogP contribution in [-0.2, 0) is 21.2 Å². The minimum Gasteiger partial charge on any atom is -0.495 e. The van der Waals surface area contributed by atoms with Crippen molar-refractivity contribution in [3.63, 3.8) is 0 Å². The molecule has 1 N–H and O–H groups in total. The van der Waals surface area contributed by atoms with E-state index in [2.05, 4.69) is 5.32 Å². The maximum Gasteiger partial charge on any atom is 0.243 e.